The number of hydrogen-bond donors (Lipinski definition) is 4. The number of nitrogens with one attached hydrogen (secondary N) is 4. The van der Waals surface area contributed by atoms with E-state index in [2.05, 4.69) is 15.9 Å². The van der Waals surface area contributed by atoms with E-state index in [1.54, 1.807) is 52.1 Å². The molecule has 0 aliphatic carbocycles. The van der Waals surface area contributed by atoms with Crippen molar-refractivity contribution in [3.8, 4) is 28.6 Å². The molecule has 0 saturated heterocycles. The summed E-state index contributed by atoms with van der Waals surface area (Å²) in [5.74, 6) is 0.904. The Labute approximate surface area is 255 Å². The molecule has 0 saturated carbocycles. The molecule has 4 N–H and O–H groups in total. The summed E-state index contributed by atoms with van der Waals surface area (Å²) >= 11 is 0. The van der Waals surface area contributed by atoms with Gasteiger partial charge in [0.05, 0.1) is 23.9 Å². The average molecular weight is 592 g/mol. The number of amidine groups is 1. The Bertz CT molecular complexity index is 1720. The Morgan fingerprint density at radius 3 is 2.36 bits per heavy atom. The van der Waals surface area contributed by atoms with Gasteiger partial charge in [0.15, 0.2) is 0 Å². The third-order valence-corrected chi connectivity index (χ3v) is 7.61. The van der Waals surface area contributed by atoms with Crippen molar-refractivity contribution in [2.45, 2.75) is 33.2 Å². The number of carbonyl (C=O) groups excluding carboxylic acids is 2. The van der Waals surface area contributed by atoms with Crippen LogP contribution in [0.1, 0.15) is 43.4 Å². The standard InChI is InChI=1S/C33H33N7O4/c1-20(34)40(39-35)23-13-11-22(12-14-23)27-18-17-26-29(25-7-5-6-8-28(25)44-30(26)37-27)33(2,3)31(41)38-32(42)36-19-21-9-15-24(43-4)16-10-21/h5-18,29,34-35H,19H2,1-4H3,(H2,36,38,41,42). The molecule has 5 rings (SSSR count). The molecule has 1 atom stereocenters. The van der Waals surface area contributed by atoms with Gasteiger partial charge < -0.3 is 14.8 Å². The van der Waals surface area contributed by atoms with E-state index in [1.807, 2.05) is 60.7 Å². The number of imide groups is 1. The van der Waals surface area contributed by atoms with Crippen LogP contribution in [0.2, 0.25) is 0 Å². The maximum Gasteiger partial charge on any atom is 0.321 e. The molecule has 4 aromatic rings. The summed E-state index contributed by atoms with van der Waals surface area (Å²) in [6, 6.07) is 25.2. The van der Waals surface area contributed by atoms with Gasteiger partial charge in [-0.05, 0) is 48.9 Å². The quantitative estimate of drug-likeness (QED) is 0.0765. The second-order valence-electron chi connectivity index (χ2n) is 10.9. The van der Waals surface area contributed by atoms with Gasteiger partial charge in [-0.1, -0.05) is 67.6 Å². The molecule has 0 bridgehead atoms. The molecule has 1 aliphatic rings. The normalized spacial score (nSPS) is 13.4. The van der Waals surface area contributed by atoms with E-state index in [4.69, 9.17) is 25.4 Å². The van der Waals surface area contributed by atoms with Crippen LogP contribution in [-0.4, -0.2) is 29.9 Å². The Morgan fingerprint density at radius 1 is 1.00 bits per heavy atom. The first-order chi connectivity index (χ1) is 21.1. The van der Waals surface area contributed by atoms with Crippen LogP contribution in [0.4, 0.5) is 10.5 Å². The lowest BCUT2D eigenvalue weighted by Gasteiger charge is -2.37. The van der Waals surface area contributed by atoms with Gasteiger partial charge in [-0.2, -0.15) is 5.53 Å². The number of amides is 3. The van der Waals surface area contributed by atoms with Gasteiger partial charge in [0.1, 0.15) is 17.3 Å². The van der Waals surface area contributed by atoms with Crippen LogP contribution in [0.3, 0.4) is 0 Å². The minimum atomic E-state index is -1.06. The summed E-state index contributed by atoms with van der Waals surface area (Å²) in [6.45, 7) is 5.41. The fourth-order valence-corrected chi connectivity index (χ4v) is 5.24. The molecule has 11 nitrogen and oxygen atoms in total. The zero-order valence-corrected chi connectivity index (χ0v) is 24.8. The summed E-state index contributed by atoms with van der Waals surface area (Å²) in [4.78, 5) is 31.2. The van der Waals surface area contributed by atoms with E-state index < -0.39 is 23.3 Å². The molecule has 44 heavy (non-hydrogen) atoms. The summed E-state index contributed by atoms with van der Waals surface area (Å²) in [5.41, 5.74) is 10.7. The van der Waals surface area contributed by atoms with Crippen LogP contribution in [0.5, 0.6) is 17.4 Å². The van der Waals surface area contributed by atoms with Crippen molar-refractivity contribution < 1.29 is 19.1 Å². The molecule has 0 radical (unpaired) electrons. The van der Waals surface area contributed by atoms with Crippen LogP contribution < -0.4 is 25.1 Å². The number of para-hydroxylation sites is 1. The first-order valence-electron chi connectivity index (χ1n) is 14.0. The summed E-state index contributed by atoms with van der Waals surface area (Å²) in [6.07, 6.45) is 0. The number of rotatable bonds is 8. The van der Waals surface area contributed by atoms with Gasteiger partial charge in [0, 0.05) is 29.2 Å². The van der Waals surface area contributed by atoms with Crippen molar-refractivity contribution in [2.24, 2.45) is 10.6 Å². The van der Waals surface area contributed by atoms with E-state index >= 15 is 0 Å². The fraction of sp³-hybridized carbons (Fsp3) is 0.212. The zero-order chi connectivity index (χ0) is 31.4. The van der Waals surface area contributed by atoms with Gasteiger partial charge in [0.25, 0.3) is 0 Å². The van der Waals surface area contributed by atoms with Crippen molar-refractivity contribution in [1.29, 1.82) is 10.9 Å². The van der Waals surface area contributed by atoms with Crippen LogP contribution in [0.25, 0.3) is 11.3 Å². The monoisotopic (exact) mass is 591 g/mol. The second-order valence-corrected chi connectivity index (χ2v) is 10.9. The van der Waals surface area contributed by atoms with Crippen LogP contribution in [0.15, 0.2) is 90.2 Å². The molecule has 0 fully saturated rings. The Kier molecular flexibility index (Phi) is 8.38. The number of ether oxygens (including phenoxy) is 2. The number of anilines is 1. The van der Waals surface area contributed by atoms with Crippen molar-refractivity contribution in [3.63, 3.8) is 0 Å². The minimum absolute atomic E-state index is 0.124. The SMILES string of the molecule is COc1ccc(CNC(=O)NC(=O)C(C)(C)C2c3ccccc3Oc3nc(-c4ccc(N(N=N)C(C)=N)cc4)ccc32)cc1. The largest absolute Gasteiger partial charge is 0.497 e. The predicted molar refractivity (Wildman–Crippen MR) is 166 cm³/mol. The van der Waals surface area contributed by atoms with E-state index in [-0.39, 0.29) is 12.4 Å². The molecule has 0 spiro atoms. The van der Waals surface area contributed by atoms with Crippen LogP contribution in [0, 0.1) is 16.4 Å². The molecule has 3 aromatic carbocycles. The highest BCUT2D eigenvalue weighted by molar-refractivity contribution is 5.98. The molecule has 1 unspecified atom stereocenters. The molecule has 11 heteroatoms. The molecule has 1 aliphatic heterocycles. The van der Waals surface area contributed by atoms with Gasteiger partial charge >= 0.3 is 6.03 Å². The number of pyridine rings is 1. The Morgan fingerprint density at radius 2 is 1.70 bits per heavy atom. The topological polar surface area (TPSA) is 153 Å². The van der Waals surface area contributed by atoms with Gasteiger partial charge in [-0.3, -0.25) is 15.5 Å². The first-order valence-corrected chi connectivity index (χ1v) is 14.0. The van der Waals surface area contributed by atoms with E-state index in [1.165, 1.54) is 5.01 Å². The molecule has 1 aromatic heterocycles. The zero-order valence-electron chi connectivity index (χ0n) is 24.8. The Balaban J connectivity index is 1.38. The molecular formula is C33H33N7O4. The number of aromatic nitrogens is 1. The van der Waals surface area contributed by atoms with E-state index in [0.717, 1.165) is 22.3 Å². The lowest BCUT2D eigenvalue weighted by Crippen LogP contribution is -2.48. The highest BCUT2D eigenvalue weighted by Gasteiger charge is 2.44. The third kappa shape index (κ3) is 5.98. The highest BCUT2D eigenvalue weighted by Crippen LogP contribution is 2.51. The summed E-state index contributed by atoms with van der Waals surface area (Å²) in [5, 5.41) is 17.7. The molecular weight excluding hydrogens is 558 g/mol. The van der Waals surface area contributed by atoms with E-state index in [9.17, 15) is 9.59 Å². The molecule has 2 heterocycles. The third-order valence-electron chi connectivity index (χ3n) is 7.61. The number of urea groups is 1. The lowest BCUT2D eigenvalue weighted by atomic mass is 9.69. The summed E-state index contributed by atoms with van der Waals surface area (Å²) in [7, 11) is 1.59. The van der Waals surface area contributed by atoms with Gasteiger partial charge in [0.2, 0.25) is 11.8 Å². The smallest absolute Gasteiger partial charge is 0.321 e. The molecule has 224 valence electrons. The highest BCUT2D eigenvalue weighted by atomic mass is 16.5. The maximum atomic E-state index is 13.6. The molecule has 3 amide bonds. The average Bonchev–Trinajstić information content (AvgIpc) is 3.03. The van der Waals surface area contributed by atoms with Gasteiger partial charge in [-0.25, -0.2) is 14.8 Å². The maximum absolute atomic E-state index is 13.6. The number of hydrogen-bond acceptors (Lipinski definition) is 8. The number of fused-ring (bicyclic) bond motifs is 2. The van der Waals surface area contributed by atoms with Crippen molar-refractivity contribution >= 4 is 23.5 Å². The number of carbonyl (C=O) groups is 2. The summed E-state index contributed by atoms with van der Waals surface area (Å²) < 4.78 is 11.4. The van der Waals surface area contributed by atoms with Gasteiger partial charge in [-0.15, -0.1) is 0 Å². The van der Waals surface area contributed by atoms with Crippen molar-refractivity contribution in [1.82, 2.24) is 15.6 Å². The number of nitrogens with zero attached hydrogens (tertiary/aromatic N) is 3. The Hall–Kier alpha value is -5.58. The van der Waals surface area contributed by atoms with Crippen LogP contribution in [-0.2, 0) is 11.3 Å². The lowest BCUT2D eigenvalue weighted by molar-refractivity contribution is -0.128. The number of methoxy groups -OCH3 is 1. The first kappa shape index (κ1) is 29.9. The van der Waals surface area contributed by atoms with Crippen molar-refractivity contribution in [2.75, 3.05) is 12.1 Å². The second kappa shape index (κ2) is 12.3. The number of benzene rings is 3. The predicted octanol–water partition coefficient (Wildman–Crippen LogP) is 6.80. The van der Waals surface area contributed by atoms with E-state index in [0.29, 0.717) is 28.8 Å². The van der Waals surface area contributed by atoms with Crippen LogP contribution >= 0.6 is 0 Å². The fourth-order valence-electron chi connectivity index (χ4n) is 5.24. The van der Waals surface area contributed by atoms with Crippen molar-refractivity contribution in [3.05, 3.63) is 102 Å². The minimum Gasteiger partial charge on any atom is -0.497 e.